The van der Waals surface area contributed by atoms with Crippen LogP contribution >= 0.6 is 15.9 Å². The summed E-state index contributed by atoms with van der Waals surface area (Å²) in [5.41, 5.74) is 0.881. The third-order valence-electron chi connectivity index (χ3n) is 2.80. The monoisotopic (exact) mass is 311 g/mol. The van der Waals surface area contributed by atoms with Crippen LogP contribution < -0.4 is 14.2 Å². The van der Waals surface area contributed by atoms with Crippen molar-refractivity contribution in [1.29, 1.82) is 0 Å². The number of hydrogen-bond acceptors (Lipinski definition) is 4. The Bertz CT molecular complexity index is 599. The number of nitrogens with zero attached hydrogens (tertiary/aromatic N) is 1. The van der Waals surface area contributed by atoms with Crippen LogP contribution in [0, 0.1) is 6.92 Å². The molecule has 5 heteroatoms. The van der Waals surface area contributed by atoms with Crippen molar-refractivity contribution < 1.29 is 14.2 Å². The van der Waals surface area contributed by atoms with E-state index in [0.29, 0.717) is 17.4 Å². The van der Waals surface area contributed by atoms with Gasteiger partial charge in [-0.25, -0.2) is 4.98 Å². The quantitative estimate of drug-likeness (QED) is 0.871. The van der Waals surface area contributed by atoms with Crippen LogP contribution in [0.1, 0.15) is 5.69 Å². The molecule has 0 aliphatic carbocycles. The number of fused-ring (bicyclic) bond motifs is 1. The molecule has 0 spiro atoms. The predicted molar refractivity (Wildman–Crippen MR) is 73.8 cm³/mol. The maximum Gasteiger partial charge on any atom is 0.228 e. The summed E-state index contributed by atoms with van der Waals surface area (Å²) < 4.78 is 16.6. The number of halogens is 1. The third kappa shape index (κ3) is 1.99. The fourth-order valence-electron chi connectivity index (χ4n) is 1.87. The van der Waals surface area contributed by atoms with Crippen LogP contribution in [-0.2, 0) is 0 Å². The molecule has 2 aromatic rings. The molecule has 96 valence electrons. The molecule has 0 N–H and O–H groups in total. The van der Waals surface area contributed by atoms with Gasteiger partial charge in [-0.3, -0.25) is 0 Å². The molecule has 0 aliphatic heterocycles. The summed E-state index contributed by atoms with van der Waals surface area (Å²) in [6, 6.07) is 3.83. The van der Waals surface area contributed by atoms with E-state index in [2.05, 4.69) is 20.9 Å². The molecule has 0 saturated heterocycles. The number of rotatable bonds is 3. The van der Waals surface area contributed by atoms with Crippen LogP contribution in [0.4, 0.5) is 0 Å². The van der Waals surface area contributed by atoms with Crippen LogP contribution in [0.5, 0.6) is 17.4 Å². The van der Waals surface area contributed by atoms with Crippen molar-refractivity contribution in [3.63, 3.8) is 0 Å². The molecule has 0 unspecified atom stereocenters. The SMILES string of the molecule is COc1cc2c(C)nc(OC)c(Br)c2cc1OC. The minimum atomic E-state index is 0.562. The first-order valence-corrected chi connectivity index (χ1v) is 6.17. The molecule has 4 nitrogen and oxygen atoms in total. The van der Waals surface area contributed by atoms with Crippen LogP contribution in [0.25, 0.3) is 10.8 Å². The average Bonchev–Trinajstić information content (AvgIpc) is 2.41. The van der Waals surface area contributed by atoms with Gasteiger partial charge in [-0.15, -0.1) is 0 Å². The molecule has 0 fully saturated rings. The molecule has 0 aliphatic rings. The minimum absolute atomic E-state index is 0.562. The van der Waals surface area contributed by atoms with Crippen molar-refractivity contribution in [3.8, 4) is 17.4 Å². The maximum atomic E-state index is 5.31. The van der Waals surface area contributed by atoms with Crippen molar-refractivity contribution in [2.45, 2.75) is 6.92 Å². The van der Waals surface area contributed by atoms with Gasteiger partial charge in [0.25, 0.3) is 0 Å². The summed E-state index contributed by atoms with van der Waals surface area (Å²) in [5, 5.41) is 1.98. The Morgan fingerprint density at radius 1 is 0.944 bits per heavy atom. The molecular weight excluding hydrogens is 298 g/mol. The smallest absolute Gasteiger partial charge is 0.228 e. The first-order valence-electron chi connectivity index (χ1n) is 5.38. The third-order valence-corrected chi connectivity index (χ3v) is 3.57. The summed E-state index contributed by atoms with van der Waals surface area (Å²) in [6.07, 6.45) is 0. The molecule has 1 aromatic heterocycles. The fourth-order valence-corrected chi connectivity index (χ4v) is 2.45. The first-order chi connectivity index (χ1) is 8.62. The molecule has 0 atom stereocenters. The zero-order valence-corrected chi connectivity index (χ0v) is 12.3. The van der Waals surface area contributed by atoms with E-state index in [1.807, 2.05) is 19.1 Å². The standard InChI is InChI=1S/C13H14BrNO3/c1-7-8-5-10(16-2)11(17-3)6-9(8)12(14)13(15-7)18-4/h5-6H,1-4H3. The second-order valence-corrected chi connectivity index (χ2v) is 4.57. The molecule has 1 aromatic carbocycles. The number of benzene rings is 1. The summed E-state index contributed by atoms with van der Waals surface area (Å²) in [4.78, 5) is 4.38. The zero-order valence-electron chi connectivity index (χ0n) is 10.7. The lowest BCUT2D eigenvalue weighted by Gasteiger charge is -2.13. The van der Waals surface area contributed by atoms with Crippen LogP contribution in [0.15, 0.2) is 16.6 Å². The van der Waals surface area contributed by atoms with E-state index in [1.54, 1.807) is 21.3 Å². The number of methoxy groups -OCH3 is 3. The van der Waals surface area contributed by atoms with Crippen molar-refractivity contribution in [2.24, 2.45) is 0 Å². The van der Waals surface area contributed by atoms with Gasteiger partial charge in [-0.05, 0) is 35.0 Å². The lowest BCUT2D eigenvalue weighted by Crippen LogP contribution is -1.96. The van der Waals surface area contributed by atoms with E-state index in [-0.39, 0.29) is 0 Å². The van der Waals surface area contributed by atoms with Crippen LogP contribution in [0.2, 0.25) is 0 Å². The van der Waals surface area contributed by atoms with E-state index in [0.717, 1.165) is 20.9 Å². The molecule has 18 heavy (non-hydrogen) atoms. The molecule has 2 rings (SSSR count). The normalized spacial score (nSPS) is 10.5. The maximum absolute atomic E-state index is 5.31. The van der Waals surface area contributed by atoms with Gasteiger partial charge in [-0.2, -0.15) is 0 Å². The van der Waals surface area contributed by atoms with Crippen LogP contribution in [0.3, 0.4) is 0 Å². The Kier molecular flexibility index (Phi) is 3.61. The molecule has 1 heterocycles. The van der Waals surface area contributed by atoms with E-state index in [9.17, 15) is 0 Å². The lowest BCUT2D eigenvalue weighted by atomic mass is 10.1. The summed E-state index contributed by atoms with van der Waals surface area (Å²) in [6.45, 7) is 1.93. The topological polar surface area (TPSA) is 40.6 Å². The highest BCUT2D eigenvalue weighted by Crippen LogP contribution is 2.39. The molecule has 0 radical (unpaired) electrons. The van der Waals surface area contributed by atoms with E-state index < -0.39 is 0 Å². The van der Waals surface area contributed by atoms with Crippen LogP contribution in [-0.4, -0.2) is 26.3 Å². The summed E-state index contributed by atoms with van der Waals surface area (Å²) in [5.74, 6) is 1.93. The predicted octanol–water partition coefficient (Wildman–Crippen LogP) is 3.33. The highest BCUT2D eigenvalue weighted by Gasteiger charge is 2.14. The number of hydrogen-bond donors (Lipinski definition) is 0. The number of aromatic nitrogens is 1. The Labute approximate surface area is 114 Å². The van der Waals surface area contributed by atoms with Gasteiger partial charge in [-0.1, -0.05) is 0 Å². The van der Waals surface area contributed by atoms with Gasteiger partial charge in [0.2, 0.25) is 5.88 Å². The molecule has 0 saturated carbocycles. The second-order valence-electron chi connectivity index (χ2n) is 3.77. The minimum Gasteiger partial charge on any atom is -0.493 e. The van der Waals surface area contributed by atoms with Gasteiger partial charge in [0.1, 0.15) is 0 Å². The molecule has 0 bridgehead atoms. The Morgan fingerprint density at radius 2 is 1.50 bits per heavy atom. The van der Waals surface area contributed by atoms with Crippen molar-refractivity contribution in [1.82, 2.24) is 4.98 Å². The van der Waals surface area contributed by atoms with Gasteiger partial charge >= 0.3 is 0 Å². The van der Waals surface area contributed by atoms with Crippen molar-refractivity contribution in [2.75, 3.05) is 21.3 Å². The summed E-state index contributed by atoms with van der Waals surface area (Å²) >= 11 is 3.50. The molecule has 0 amide bonds. The zero-order chi connectivity index (χ0) is 13.3. The Morgan fingerprint density at radius 3 is 2.00 bits per heavy atom. The number of aryl methyl sites for hydroxylation is 1. The fraction of sp³-hybridized carbons (Fsp3) is 0.308. The van der Waals surface area contributed by atoms with E-state index >= 15 is 0 Å². The summed E-state index contributed by atoms with van der Waals surface area (Å²) in [7, 11) is 4.83. The van der Waals surface area contributed by atoms with Gasteiger partial charge in [0.05, 0.1) is 25.8 Å². The van der Waals surface area contributed by atoms with Crippen molar-refractivity contribution >= 4 is 26.7 Å². The number of ether oxygens (including phenoxy) is 3. The number of pyridine rings is 1. The van der Waals surface area contributed by atoms with Crippen molar-refractivity contribution in [3.05, 3.63) is 22.3 Å². The van der Waals surface area contributed by atoms with Gasteiger partial charge < -0.3 is 14.2 Å². The second kappa shape index (κ2) is 5.02. The largest absolute Gasteiger partial charge is 0.493 e. The first kappa shape index (κ1) is 13.0. The Balaban J connectivity index is 2.84. The van der Waals surface area contributed by atoms with Gasteiger partial charge in [0, 0.05) is 16.5 Å². The van der Waals surface area contributed by atoms with E-state index in [4.69, 9.17) is 14.2 Å². The highest BCUT2D eigenvalue weighted by molar-refractivity contribution is 9.10. The molecular formula is C13H14BrNO3. The van der Waals surface area contributed by atoms with E-state index in [1.165, 1.54) is 0 Å². The lowest BCUT2D eigenvalue weighted by molar-refractivity contribution is 0.355. The highest BCUT2D eigenvalue weighted by atomic mass is 79.9. The van der Waals surface area contributed by atoms with Gasteiger partial charge in [0.15, 0.2) is 11.5 Å². The average molecular weight is 312 g/mol. The Hall–Kier alpha value is -1.49.